The second-order valence-electron chi connectivity index (χ2n) is 8.48. The van der Waals surface area contributed by atoms with Crippen LogP contribution in [-0.4, -0.2) is 42.0 Å². The number of carbonyl (C=O) groups excluding carboxylic acids is 2. The predicted octanol–water partition coefficient (Wildman–Crippen LogP) is 2.99. The van der Waals surface area contributed by atoms with Crippen LogP contribution in [0.25, 0.3) is 0 Å². The van der Waals surface area contributed by atoms with Crippen molar-refractivity contribution in [2.75, 3.05) is 13.1 Å². The number of nitrogens with one attached hydrogen (secondary N) is 2. The van der Waals surface area contributed by atoms with Gasteiger partial charge in [0.2, 0.25) is 11.8 Å². The number of hydrogen-bond acceptors (Lipinski definition) is 4. The van der Waals surface area contributed by atoms with Crippen LogP contribution in [0.4, 0.5) is 4.39 Å². The summed E-state index contributed by atoms with van der Waals surface area (Å²) in [7, 11) is 0. The zero-order valence-electron chi connectivity index (χ0n) is 17.5. The van der Waals surface area contributed by atoms with Gasteiger partial charge in [-0.2, -0.15) is 5.26 Å². The minimum atomic E-state index is -1.13. The molecule has 0 radical (unpaired) electrons. The van der Waals surface area contributed by atoms with Gasteiger partial charge in [0.25, 0.3) is 0 Å². The van der Waals surface area contributed by atoms with Crippen molar-refractivity contribution in [1.29, 1.82) is 5.26 Å². The SMILES string of the molecule is C[C@@H](NC(=O)C1(C)CC=C(NCC(=O)N2C[C@@H](F)C[C@H]2C#N)CC1)c1ccccc1. The van der Waals surface area contributed by atoms with Crippen molar-refractivity contribution >= 4 is 11.8 Å². The van der Waals surface area contributed by atoms with Crippen molar-refractivity contribution in [2.45, 2.75) is 57.8 Å². The average molecular weight is 413 g/mol. The summed E-state index contributed by atoms with van der Waals surface area (Å²) >= 11 is 0. The highest BCUT2D eigenvalue weighted by atomic mass is 19.1. The Balaban J connectivity index is 1.51. The molecule has 30 heavy (non-hydrogen) atoms. The topological polar surface area (TPSA) is 85.2 Å². The van der Waals surface area contributed by atoms with Gasteiger partial charge < -0.3 is 15.5 Å². The van der Waals surface area contributed by atoms with Crippen molar-refractivity contribution in [3.8, 4) is 6.07 Å². The highest BCUT2D eigenvalue weighted by Gasteiger charge is 2.37. The molecule has 1 unspecified atom stereocenters. The smallest absolute Gasteiger partial charge is 0.243 e. The van der Waals surface area contributed by atoms with Gasteiger partial charge in [0, 0.05) is 12.1 Å². The number of allylic oxidation sites excluding steroid dienone is 2. The number of alkyl halides is 1. The molecule has 1 saturated heterocycles. The van der Waals surface area contributed by atoms with Crippen LogP contribution in [0, 0.1) is 16.7 Å². The van der Waals surface area contributed by atoms with E-state index in [2.05, 4.69) is 10.6 Å². The summed E-state index contributed by atoms with van der Waals surface area (Å²) in [6.07, 6.45) is 2.82. The van der Waals surface area contributed by atoms with Gasteiger partial charge in [-0.1, -0.05) is 43.3 Å². The number of likely N-dealkylation sites (tertiary alicyclic amines) is 1. The highest BCUT2D eigenvalue weighted by molar-refractivity contribution is 5.83. The first-order valence-corrected chi connectivity index (χ1v) is 10.4. The molecule has 2 aliphatic rings. The molecule has 6 nitrogen and oxygen atoms in total. The van der Waals surface area contributed by atoms with E-state index in [4.69, 9.17) is 5.26 Å². The first kappa shape index (κ1) is 21.8. The number of benzene rings is 1. The van der Waals surface area contributed by atoms with Crippen molar-refractivity contribution in [2.24, 2.45) is 5.41 Å². The Morgan fingerprint density at radius 2 is 2.10 bits per heavy atom. The van der Waals surface area contributed by atoms with Crippen LogP contribution >= 0.6 is 0 Å². The minimum absolute atomic E-state index is 0.0182. The molecule has 1 aromatic carbocycles. The zero-order chi connectivity index (χ0) is 21.7. The van der Waals surface area contributed by atoms with E-state index >= 15 is 0 Å². The summed E-state index contributed by atoms with van der Waals surface area (Å²) in [5.41, 5.74) is 1.48. The van der Waals surface area contributed by atoms with Crippen LogP contribution in [0.2, 0.25) is 0 Å². The summed E-state index contributed by atoms with van der Waals surface area (Å²) in [4.78, 5) is 26.5. The summed E-state index contributed by atoms with van der Waals surface area (Å²) < 4.78 is 13.5. The van der Waals surface area contributed by atoms with Crippen molar-refractivity contribution in [3.63, 3.8) is 0 Å². The van der Waals surface area contributed by atoms with E-state index in [0.717, 1.165) is 11.3 Å². The third-order valence-corrected chi connectivity index (χ3v) is 6.13. The fourth-order valence-corrected chi connectivity index (χ4v) is 4.00. The van der Waals surface area contributed by atoms with Gasteiger partial charge in [-0.3, -0.25) is 9.59 Å². The number of nitrogens with zero attached hydrogens (tertiary/aromatic N) is 2. The monoisotopic (exact) mass is 412 g/mol. The molecule has 1 aliphatic heterocycles. The first-order valence-electron chi connectivity index (χ1n) is 10.4. The lowest BCUT2D eigenvalue weighted by Crippen LogP contribution is -2.43. The molecule has 0 saturated carbocycles. The number of carbonyl (C=O) groups is 2. The van der Waals surface area contributed by atoms with Gasteiger partial charge in [-0.25, -0.2) is 4.39 Å². The highest BCUT2D eigenvalue weighted by Crippen LogP contribution is 2.35. The van der Waals surface area contributed by atoms with Crippen molar-refractivity contribution in [3.05, 3.63) is 47.7 Å². The summed E-state index contributed by atoms with van der Waals surface area (Å²) in [5.74, 6) is -0.251. The van der Waals surface area contributed by atoms with Crippen LogP contribution in [0.1, 0.15) is 51.1 Å². The molecule has 160 valence electrons. The van der Waals surface area contributed by atoms with E-state index in [1.807, 2.05) is 56.3 Å². The van der Waals surface area contributed by atoms with Gasteiger partial charge in [0.05, 0.1) is 30.6 Å². The number of hydrogen-bond donors (Lipinski definition) is 2. The van der Waals surface area contributed by atoms with Crippen LogP contribution < -0.4 is 10.6 Å². The van der Waals surface area contributed by atoms with E-state index in [9.17, 15) is 14.0 Å². The maximum absolute atomic E-state index is 13.5. The largest absolute Gasteiger partial charge is 0.380 e. The van der Waals surface area contributed by atoms with Crippen molar-refractivity contribution in [1.82, 2.24) is 15.5 Å². The van der Waals surface area contributed by atoms with E-state index in [1.165, 1.54) is 4.90 Å². The molecule has 7 heteroatoms. The number of halogens is 1. The van der Waals surface area contributed by atoms with E-state index in [0.29, 0.717) is 19.3 Å². The van der Waals surface area contributed by atoms with Gasteiger partial charge in [-0.15, -0.1) is 0 Å². The van der Waals surface area contributed by atoms with Crippen LogP contribution in [0.5, 0.6) is 0 Å². The Hall–Kier alpha value is -2.88. The third kappa shape index (κ3) is 4.99. The Morgan fingerprint density at radius 1 is 1.37 bits per heavy atom. The van der Waals surface area contributed by atoms with Gasteiger partial charge in [0.15, 0.2) is 0 Å². The van der Waals surface area contributed by atoms with Crippen molar-refractivity contribution < 1.29 is 14.0 Å². The summed E-state index contributed by atoms with van der Waals surface area (Å²) in [6, 6.07) is 11.1. The molecule has 3 rings (SSSR count). The molecule has 2 amide bonds. The third-order valence-electron chi connectivity index (χ3n) is 6.13. The van der Waals surface area contributed by atoms with Gasteiger partial charge in [-0.05, 0) is 31.7 Å². The fraction of sp³-hybridized carbons (Fsp3) is 0.522. The van der Waals surface area contributed by atoms with Crippen LogP contribution in [0.3, 0.4) is 0 Å². The Labute approximate surface area is 177 Å². The Kier molecular flexibility index (Phi) is 6.76. The second kappa shape index (κ2) is 9.29. The van der Waals surface area contributed by atoms with Gasteiger partial charge >= 0.3 is 0 Å². The van der Waals surface area contributed by atoms with Crippen LogP contribution in [0.15, 0.2) is 42.1 Å². The lowest BCUT2D eigenvalue weighted by molar-refractivity contribution is -0.132. The van der Waals surface area contributed by atoms with E-state index in [1.54, 1.807) is 0 Å². The maximum Gasteiger partial charge on any atom is 0.243 e. The Morgan fingerprint density at radius 3 is 2.73 bits per heavy atom. The molecule has 0 bridgehead atoms. The van der Waals surface area contributed by atoms with Crippen LogP contribution in [-0.2, 0) is 9.59 Å². The van der Waals surface area contributed by atoms with Gasteiger partial charge in [0.1, 0.15) is 12.2 Å². The zero-order valence-corrected chi connectivity index (χ0v) is 17.5. The maximum atomic E-state index is 13.5. The molecule has 0 aromatic heterocycles. The predicted molar refractivity (Wildman–Crippen MR) is 112 cm³/mol. The molecule has 0 spiro atoms. The molecule has 1 fully saturated rings. The van der Waals surface area contributed by atoms with E-state index in [-0.39, 0.29) is 37.4 Å². The lowest BCUT2D eigenvalue weighted by atomic mass is 9.77. The number of amides is 2. The first-order chi connectivity index (χ1) is 14.3. The lowest BCUT2D eigenvalue weighted by Gasteiger charge is -2.33. The quantitative estimate of drug-likeness (QED) is 0.752. The average Bonchev–Trinajstić information content (AvgIpc) is 3.14. The van der Waals surface area contributed by atoms with E-state index < -0.39 is 17.6 Å². The fourth-order valence-electron chi connectivity index (χ4n) is 4.00. The molecular formula is C23H29FN4O2. The number of nitriles is 1. The second-order valence-corrected chi connectivity index (χ2v) is 8.48. The Bertz CT molecular complexity index is 851. The summed E-state index contributed by atoms with van der Waals surface area (Å²) in [5, 5.41) is 15.3. The molecule has 2 N–H and O–H groups in total. The molecular weight excluding hydrogens is 383 g/mol. The molecule has 1 aromatic rings. The normalized spacial score (nSPS) is 27.0. The molecule has 1 aliphatic carbocycles. The standard InChI is InChI=1S/C23H29FN4O2/c1-16(17-6-4-3-5-7-17)27-22(30)23(2)10-8-19(9-11-23)26-14-21(29)28-15-18(24)12-20(28)13-25/h3-8,16,18,20,26H,9-12,14-15H2,1-2H3,(H,27,30)/t16-,18+,20+,23?/m1/s1. The number of rotatable bonds is 6. The molecule has 1 heterocycles. The minimum Gasteiger partial charge on any atom is -0.380 e. The summed E-state index contributed by atoms with van der Waals surface area (Å²) in [6.45, 7) is 3.95. The molecule has 4 atom stereocenters.